The summed E-state index contributed by atoms with van der Waals surface area (Å²) in [6.45, 7) is 8.13. The van der Waals surface area contributed by atoms with Crippen molar-refractivity contribution in [3.8, 4) is 5.75 Å². The van der Waals surface area contributed by atoms with Gasteiger partial charge in [0.2, 0.25) is 17.7 Å². The van der Waals surface area contributed by atoms with Crippen LogP contribution in [0.1, 0.15) is 73.9 Å². The zero-order valence-electron chi connectivity index (χ0n) is 25.8. The van der Waals surface area contributed by atoms with E-state index in [1.54, 1.807) is 29.2 Å². The number of rotatable bonds is 6. The second-order valence-electron chi connectivity index (χ2n) is 12.5. The van der Waals surface area contributed by atoms with Crippen molar-refractivity contribution < 1.29 is 23.9 Å². The Morgan fingerprint density at radius 2 is 1.66 bits per heavy atom. The van der Waals surface area contributed by atoms with E-state index < -0.39 is 18.0 Å². The first-order valence-corrected chi connectivity index (χ1v) is 16.0. The van der Waals surface area contributed by atoms with Crippen LogP contribution in [0.25, 0.3) is 0 Å². The van der Waals surface area contributed by atoms with Crippen LogP contribution in [-0.2, 0) is 27.5 Å². The fourth-order valence-corrected chi connectivity index (χ4v) is 6.17. The molecule has 0 spiro atoms. The molecule has 10 heteroatoms. The number of amides is 4. The summed E-state index contributed by atoms with van der Waals surface area (Å²) in [5.74, 6) is -0.793. The molecule has 0 unspecified atom stereocenters. The highest BCUT2D eigenvalue weighted by atomic mass is 16.5. The van der Waals surface area contributed by atoms with Crippen LogP contribution in [0.3, 0.4) is 0 Å². The summed E-state index contributed by atoms with van der Waals surface area (Å²) in [6.07, 6.45) is 3.95. The molecule has 2 aromatic rings. The van der Waals surface area contributed by atoms with Crippen molar-refractivity contribution in [1.29, 1.82) is 0 Å². The summed E-state index contributed by atoms with van der Waals surface area (Å²) in [7, 11) is 0. The second kappa shape index (κ2) is 14.7. The van der Waals surface area contributed by atoms with E-state index in [9.17, 15) is 19.2 Å². The van der Waals surface area contributed by atoms with Gasteiger partial charge in [0.1, 0.15) is 24.4 Å². The highest BCUT2D eigenvalue weighted by molar-refractivity contribution is 6.00. The smallest absolute Gasteiger partial charge is 0.255 e. The summed E-state index contributed by atoms with van der Waals surface area (Å²) < 4.78 is 6.08. The average molecular weight is 604 g/mol. The number of carbonyl (C=O) groups is 4. The summed E-state index contributed by atoms with van der Waals surface area (Å²) in [4.78, 5) is 57.7. The zero-order chi connectivity index (χ0) is 31.1. The van der Waals surface area contributed by atoms with E-state index in [-0.39, 0.29) is 54.7 Å². The maximum Gasteiger partial charge on any atom is 0.255 e. The van der Waals surface area contributed by atoms with E-state index in [0.717, 1.165) is 31.6 Å². The molecule has 3 heterocycles. The average Bonchev–Trinajstić information content (AvgIpc) is 3.73. The topological polar surface area (TPSA) is 120 Å². The van der Waals surface area contributed by atoms with E-state index in [2.05, 4.69) is 33.0 Å². The van der Waals surface area contributed by atoms with Gasteiger partial charge in [0, 0.05) is 26.1 Å². The van der Waals surface area contributed by atoms with Gasteiger partial charge in [-0.15, -0.1) is 0 Å². The Hall–Kier alpha value is -3.92. The van der Waals surface area contributed by atoms with E-state index in [4.69, 9.17) is 4.74 Å². The molecule has 2 fully saturated rings. The van der Waals surface area contributed by atoms with Gasteiger partial charge in [0.15, 0.2) is 0 Å². The number of nitrogens with zero attached hydrogens (tertiary/aromatic N) is 2. The molecule has 0 saturated carbocycles. The molecule has 5 rings (SSSR count). The van der Waals surface area contributed by atoms with Crippen molar-refractivity contribution in [3.05, 3.63) is 65.2 Å². The van der Waals surface area contributed by atoms with Crippen molar-refractivity contribution in [2.45, 2.75) is 83.6 Å². The van der Waals surface area contributed by atoms with Crippen molar-refractivity contribution in [1.82, 2.24) is 25.8 Å². The molecule has 2 aromatic carbocycles. The van der Waals surface area contributed by atoms with Crippen LogP contribution in [-0.4, -0.2) is 77.8 Å². The minimum Gasteiger partial charge on any atom is -0.491 e. The van der Waals surface area contributed by atoms with E-state index in [0.29, 0.717) is 25.3 Å². The lowest BCUT2D eigenvalue weighted by molar-refractivity contribution is -0.139. The quantitative estimate of drug-likeness (QED) is 0.467. The fraction of sp³-hybridized carbons (Fsp3) is 0.529. The number of ether oxygens (including phenoxy) is 1. The Morgan fingerprint density at radius 3 is 2.41 bits per heavy atom. The van der Waals surface area contributed by atoms with Gasteiger partial charge in [-0.1, -0.05) is 50.2 Å². The minimum atomic E-state index is -0.947. The molecule has 3 aliphatic rings. The van der Waals surface area contributed by atoms with Crippen molar-refractivity contribution >= 4 is 23.6 Å². The van der Waals surface area contributed by atoms with Gasteiger partial charge in [-0.25, -0.2) is 0 Å². The van der Waals surface area contributed by atoms with Gasteiger partial charge < -0.3 is 25.6 Å². The van der Waals surface area contributed by atoms with Crippen LogP contribution in [0.4, 0.5) is 0 Å². The Balaban J connectivity index is 1.31. The number of likely N-dealkylation sites (tertiary alicyclic amines) is 1. The molecule has 0 aliphatic carbocycles. The summed E-state index contributed by atoms with van der Waals surface area (Å²) in [5, 5.41) is 8.89. The highest BCUT2D eigenvalue weighted by Crippen LogP contribution is 2.23. The first kappa shape index (κ1) is 31.5. The Kier molecular flexibility index (Phi) is 10.5. The van der Waals surface area contributed by atoms with Gasteiger partial charge in [-0.05, 0) is 74.4 Å². The third kappa shape index (κ3) is 7.96. The lowest BCUT2D eigenvalue weighted by Crippen LogP contribution is -2.52. The Bertz CT molecular complexity index is 1320. The van der Waals surface area contributed by atoms with Crippen LogP contribution >= 0.6 is 0 Å². The lowest BCUT2D eigenvalue weighted by Gasteiger charge is -2.28. The van der Waals surface area contributed by atoms with Crippen molar-refractivity contribution in [3.63, 3.8) is 0 Å². The Labute approximate surface area is 259 Å². The third-order valence-electron chi connectivity index (χ3n) is 8.92. The molecule has 3 aliphatic heterocycles. The van der Waals surface area contributed by atoms with Gasteiger partial charge in [0.05, 0.1) is 11.6 Å². The summed E-state index contributed by atoms with van der Waals surface area (Å²) in [5.41, 5.74) is 2.48. The summed E-state index contributed by atoms with van der Waals surface area (Å²) in [6, 6.07) is 13.3. The van der Waals surface area contributed by atoms with Crippen molar-refractivity contribution in [2.24, 2.45) is 5.92 Å². The van der Waals surface area contributed by atoms with Crippen LogP contribution in [0.2, 0.25) is 0 Å². The van der Waals surface area contributed by atoms with Crippen LogP contribution in [0, 0.1) is 5.92 Å². The standard InChI is InChI=1S/C34H45N5O5/c1-23(2)28-22-44-30-10-4-3-8-26(30)32(41)36-27(15-16-31(40)39-19-7-9-29(39)34(43)37-28)33(42)35-20-24-11-13-25(14-12-24)21-38-17-5-6-18-38/h3-4,8,10-14,23,27-29H,5-7,9,15-22H2,1-2H3,(H,35,42)(H,36,41)(H,37,43)/t27-,28-,29-/m0/s1. The van der Waals surface area contributed by atoms with Crippen LogP contribution in [0.15, 0.2) is 48.5 Å². The SMILES string of the molecule is CC(C)[C@@H]1COc2ccccc2C(=O)N[C@H](C(=O)NCc2ccc(CN3CCCC3)cc2)CCC(=O)N2CCC[C@H]2C(=O)N1. The lowest BCUT2D eigenvalue weighted by atomic mass is 10.0. The fourth-order valence-electron chi connectivity index (χ4n) is 6.17. The number of hydrogen-bond acceptors (Lipinski definition) is 6. The van der Waals surface area contributed by atoms with Gasteiger partial charge in [0.25, 0.3) is 5.91 Å². The van der Waals surface area contributed by atoms with E-state index in [1.165, 1.54) is 18.4 Å². The highest BCUT2D eigenvalue weighted by Gasteiger charge is 2.36. The number of nitrogens with one attached hydrogen (secondary N) is 3. The first-order valence-electron chi connectivity index (χ1n) is 16.0. The van der Waals surface area contributed by atoms with E-state index in [1.807, 2.05) is 26.0 Å². The molecule has 2 saturated heterocycles. The molecule has 3 N–H and O–H groups in total. The van der Waals surface area contributed by atoms with Crippen molar-refractivity contribution in [2.75, 3.05) is 26.2 Å². The van der Waals surface area contributed by atoms with Crippen LogP contribution < -0.4 is 20.7 Å². The molecule has 0 aromatic heterocycles. The number of benzene rings is 2. The number of fused-ring (bicyclic) bond motifs is 2. The molecule has 3 atom stereocenters. The third-order valence-corrected chi connectivity index (χ3v) is 8.92. The molecule has 0 bridgehead atoms. The summed E-state index contributed by atoms with van der Waals surface area (Å²) >= 11 is 0. The number of para-hydroxylation sites is 1. The first-order chi connectivity index (χ1) is 21.3. The minimum absolute atomic E-state index is 0.0269. The largest absolute Gasteiger partial charge is 0.491 e. The zero-order valence-corrected chi connectivity index (χ0v) is 25.8. The van der Waals surface area contributed by atoms with Crippen LogP contribution in [0.5, 0.6) is 5.75 Å². The maximum absolute atomic E-state index is 13.5. The molecule has 4 amide bonds. The Morgan fingerprint density at radius 1 is 0.932 bits per heavy atom. The molecule has 0 radical (unpaired) electrons. The second-order valence-corrected chi connectivity index (χ2v) is 12.5. The number of carbonyl (C=O) groups excluding carboxylic acids is 4. The maximum atomic E-state index is 13.5. The monoisotopic (exact) mass is 603 g/mol. The predicted molar refractivity (Wildman–Crippen MR) is 167 cm³/mol. The molecule has 10 nitrogen and oxygen atoms in total. The normalized spacial score (nSPS) is 23.6. The number of hydrogen-bond donors (Lipinski definition) is 3. The predicted octanol–water partition coefficient (Wildman–Crippen LogP) is 3.00. The van der Waals surface area contributed by atoms with Gasteiger partial charge >= 0.3 is 0 Å². The molecular weight excluding hydrogens is 558 g/mol. The molecular formula is C34H45N5O5. The molecule has 236 valence electrons. The molecule has 44 heavy (non-hydrogen) atoms. The van der Waals surface area contributed by atoms with E-state index >= 15 is 0 Å². The van der Waals surface area contributed by atoms with Gasteiger partial charge in [-0.3, -0.25) is 24.1 Å². The van der Waals surface area contributed by atoms with Gasteiger partial charge in [-0.2, -0.15) is 0 Å².